The van der Waals surface area contributed by atoms with Crippen LogP contribution in [0.3, 0.4) is 0 Å². The van der Waals surface area contributed by atoms with Gasteiger partial charge < -0.3 is 4.74 Å². The quantitative estimate of drug-likeness (QED) is 0.614. The van der Waals surface area contributed by atoms with Crippen molar-refractivity contribution in [3.63, 3.8) is 0 Å². The normalized spacial score (nSPS) is 15.2. The average molecular weight is 420 g/mol. The molecule has 0 saturated carbocycles. The maximum Gasteiger partial charge on any atom is 0.278 e. The maximum absolute atomic E-state index is 13.4. The maximum atomic E-state index is 13.4. The smallest absolute Gasteiger partial charge is 0.278 e. The zero-order valence-electron chi connectivity index (χ0n) is 15.7. The summed E-state index contributed by atoms with van der Waals surface area (Å²) in [6, 6.07) is 7.36. The highest BCUT2D eigenvalue weighted by Crippen LogP contribution is 2.31. The molecule has 0 atom stereocenters. The van der Waals surface area contributed by atoms with E-state index >= 15 is 0 Å². The van der Waals surface area contributed by atoms with Crippen LogP contribution in [0.15, 0.2) is 30.5 Å². The van der Waals surface area contributed by atoms with Crippen LogP contribution in [0, 0.1) is 0 Å². The molecule has 0 aliphatic carbocycles. The molecule has 28 heavy (non-hydrogen) atoms. The molecule has 4 rings (SSSR count). The summed E-state index contributed by atoms with van der Waals surface area (Å²) in [5.41, 5.74) is 1.42. The van der Waals surface area contributed by atoms with Gasteiger partial charge in [-0.25, -0.2) is 4.98 Å². The van der Waals surface area contributed by atoms with Crippen LogP contribution in [-0.2, 0) is 11.3 Å². The lowest BCUT2D eigenvalue weighted by molar-refractivity contribution is 0.0391. The summed E-state index contributed by atoms with van der Waals surface area (Å²) in [5, 5.41) is 5.59. The van der Waals surface area contributed by atoms with E-state index in [-0.39, 0.29) is 5.91 Å². The molecule has 3 aromatic rings. The first-order valence-electron chi connectivity index (χ1n) is 9.35. The molecule has 7 nitrogen and oxygen atoms in total. The van der Waals surface area contributed by atoms with Crippen molar-refractivity contribution in [3.05, 3.63) is 41.2 Å². The Labute approximate surface area is 172 Å². The monoisotopic (exact) mass is 419 g/mol. The van der Waals surface area contributed by atoms with Crippen LogP contribution >= 0.6 is 22.9 Å². The number of fused-ring (bicyclic) bond motifs is 1. The number of hydrogen-bond acceptors (Lipinski definition) is 6. The van der Waals surface area contributed by atoms with E-state index in [1.54, 1.807) is 21.8 Å². The summed E-state index contributed by atoms with van der Waals surface area (Å²) in [6.45, 7) is 7.16. The lowest BCUT2D eigenvalue weighted by atomic mass is 10.3. The molecule has 1 amide bonds. The number of rotatable bonds is 6. The standard InChI is InChI=1S/C19H22ClN5O2S/c1-2-25-16(5-6-21-25)18(26)24(8-7-23-9-11-27-12-10-23)19-22-15-4-3-14(20)13-17(15)28-19/h3-6,13H,2,7-12H2,1H3. The number of morpholine rings is 1. The average Bonchev–Trinajstić information content (AvgIpc) is 3.35. The predicted octanol–water partition coefficient (Wildman–Crippen LogP) is 3.15. The summed E-state index contributed by atoms with van der Waals surface area (Å²) in [7, 11) is 0. The minimum Gasteiger partial charge on any atom is -0.379 e. The molecule has 2 aromatic heterocycles. The second-order valence-electron chi connectivity index (χ2n) is 6.55. The van der Waals surface area contributed by atoms with E-state index < -0.39 is 0 Å². The number of hydrogen-bond donors (Lipinski definition) is 0. The zero-order valence-corrected chi connectivity index (χ0v) is 17.2. The molecule has 1 aromatic carbocycles. The molecule has 0 bridgehead atoms. The zero-order chi connectivity index (χ0) is 19.5. The Morgan fingerprint density at radius 3 is 2.93 bits per heavy atom. The number of carbonyl (C=O) groups is 1. The second-order valence-corrected chi connectivity index (χ2v) is 8.00. The van der Waals surface area contributed by atoms with Gasteiger partial charge in [-0.05, 0) is 31.2 Å². The summed E-state index contributed by atoms with van der Waals surface area (Å²) in [6.07, 6.45) is 1.66. The Hall–Kier alpha value is -2.00. The molecular formula is C19H22ClN5O2S. The summed E-state index contributed by atoms with van der Waals surface area (Å²) in [4.78, 5) is 22.1. The van der Waals surface area contributed by atoms with Crippen LogP contribution in [0.25, 0.3) is 10.2 Å². The van der Waals surface area contributed by atoms with Gasteiger partial charge in [0.2, 0.25) is 0 Å². The van der Waals surface area contributed by atoms with Crippen LogP contribution < -0.4 is 4.90 Å². The lowest BCUT2D eigenvalue weighted by Gasteiger charge is -2.29. The number of aryl methyl sites for hydroxylation is 1. The minimum absolute atomic E-state index is 0.0854. The number of ether oxygens (including phenoxy) is 1. The van der Waals surface area contributed by atoms with E-state index in [4.69, 9.17) is 21.3 Å². The van der Waals surface area contributed by atoms with Gasteiger partial charge in [0.15, 0.2) is 5.13 Å². The van der Waals surface area contributed by atoms with Crippen LogP contribution in [0.5, 0.6) is 0 Å². The largest absolute Gasteiger partial charge is 0.379 e. The first-order valence-corrected chi connectivity index (χ1v) is 10.5. The van der Waals surface area contributed by atoms with Crippen LogP contribution in [-0.4, -0.2) is 65.0 Å². The Morgan fingerprint density at radius 2 is 2.14 bits per heavy atom. The number of benzene rings is 1. The van der Waals surface area contributed by atoms with Crippen molar-refractivity contribution in [1.82, 2.24) is 19.7 Å². The highest BCUT2D eigenvalue weighted by Gasteiger charge is 2.25. The molecule has 0 spiro atoms. The van der Waals surface area contributed by atoms with Crippen molar-refractivity contribution in [2.75, 3.05) is 44.3 Å². The molecule has 0 unspecified atom stereocenters. The summed E-state index contributed by atoms with van der Waals surface area (Å²) < 4.78 is 8.11. The van der Waals surface area contributed by atoms with Crippen molar-refractivity contribution in [1.29, 1.82) is 0 Å². The number of aromatic nitrogens is 3. The molecule has 1 aliphatic heterocycles. The highest BCUT2D eigenvalue weighted by molar-refractivity contribution is 7.22. The van der Waals surface area contributed by atoms with Gasteiger partial charge in [0.25, 0.3) is 5.91 Å². The number of amides is 1. The summed E-state index contributed by atoms with van der Waals surface area (Å²) >= 11 is 7.60. The van der Waals surface area contributed by atoms with Crippen molar-refractivity contribution in [3.8, 4) is 0 Å². The fourth-order valence-corrected chi connectivity index (χ4v) is 4.52. The van der Waals surface area contributed by atoms with E-state index in [1.807, 2.05) is 25.1 Å². The Bertz CT molecular complexity index is 966. The van der Waals surface area contributed by atoms with Crippen molar-refractivity contribution in [2.24, 2.45) is 0 Å². The van der Waals surface area contributed by atoms with Gasteiger partial charge in [0, 0.05) is 43.9 Å². The first-order chi connectivity index (χ1) is 13.7. The van der Waals surface area contributed by atoms with Gasteiger partial charge in [0.05, 0.1) is 23.4 Å². The minimum atomic E-state index is -0.0854. The molecule has 1 fully saturated rings. The SMILES string of the molecule is CCn1nccc1C(=O)N(CCN1CCOCC1)c1nc2ccc(Cl)cc2s1. The van der Waals surface area contributed by atoms with Gasteiger partial charge in [-0.1, -0.05) is 22.9 Å². The van der Waals surface area contributed by atoms with E-state index in [1.165, 1.54) is 11.3 Å². The number of halogens is 1. The predicted molar refractivity (Wildman–Crippen MR) is 111 cm³/mol. The first kappa shape index (κ1) is 19.3. The van der Waals surface area contributed by atoms with E-state index in [0.29, 0.717) is 28.9 Å². The van der Waals surface area contributed by atoms with Gasteiger partial charge in [-0.2, -0.15) is 5.10 Å². The third kappa shape index (κ3) is 4.05. The number of thiazole rings is 1. The number of carbonyl (C=O) groups excluding carboxylic acids is 1. The van der Waals surface area contributed by atoms with Crippen LogP contribution in [0.2, 0.25) is 5.02 Å². The molecule has 1 aliphatic rings. The molecule has 0 radical (unpaired) electrons. The molecular weight excluding hydrogens is 398 g/mol. The van der Waals surface area contributed by atoms with E-state index in [9.17, 15) is 4.79 Å². The van der Waals surface area contributed by atoms with Gasteiger partial charge in [0.1, 0.15) is 5.69 Å². The molecule has 3 heterocycles. The lowest BCUT2D eigenvalue weighted by Crippen LogP contribution is -2.43. The van der Waals surface area contributed by atoms with Crippen molar-refractivity contribution in [2.45, 2.75) is 13.5 Å². The highest BCUT2D eigenvalue weighted by atomic mass is 35.5. The van der Waals surface area contributed by atoms with E-state index in [2.05, 4.69) is 10.00 Å². The van der Waals surface area contributed by atoms with Crippen LogP contribution in [0.4, 0.5) is 5.13 Å². The van der Waals surface area contributed by atoms with E-state index in [0.717, 1.165) is 43.1 Å². The Kier molecular flexibility index (Phi) is 5.91. The van der Waals surface area contributed by atoms with Crippen molar-refractivity contribution < 1.29 is 9.53 Å². The Balaban J connectivity index is 1.64. The third-order valence-corrected chi connectivity index (χ3v) is 6.07. The number of anilines is 1. The topological polar surface area (TPSA) is 63.5 Å². The fraction of sp³-hybridized carbons (Fsp3) is 0.421. The molecule has 148 valence electrons. The van der Waals surface area contributed by atoms with Crippen LogP contribution in [0.1, 0.15) is 17.4 Å². The molecule has 1 saturated heterocycles. The fourth-order valence-electron chi connectivity index (χ4n) is 3.26. The molecule has 9 heteroatoms. The third-order valence-electron chi connectivity index (χ3n) is 4.79. The second kappa shape index (κ2) is 8.57. The number of nitrogens with zero attached hydrogens (tertiary/aromatic N) is 5. The van der Waals surface area contributed by atoms with Gasteiger partial charge >= 0.3 is 0 Å². The van der Waals surface area contributed by atoms with Gasteiger partial charge in [-0.15, -0.1) is 0 Å². The summed E-state index contributed by atoms with van der Waals surface area (Å²) in [5.74, 6) is -0.0854. The Morgan fingerprint density at radius 1 is 1.32 bits per heavy atom. The van der Waals surface area contributed by atoms with Crippen molar-refractivity contribution >= 4 is 44.2 Å². The van der Waals surface area contributed by atoms with Gasteiger partial charge in [-0.3, -0.25) is 19.3 Å². The molecule has 0 N–H and O–H groups in total.